The zero-order chi connectivity index (χ0) is 19.2. The summed E-state index contributed by atoms with van der Waals surface area (Å²) in [6.45, 7) is 5.23. The van der Waals surface area contributed by atoms with Gasteiger partial charge in [0, 0.05) is 32.7 Å². The molecule has 1 aliphatic rings. The third-order valence-electron chi connectivity index (χ3n) is 4.38. The summed E-state index contributed by atoms with van der Waals surface area (Å²) in [5.41, 5.74) is 2.07. The third-order valence-corrected chi connectivity index (χ3v) is 4.38. The van der Waals surface area contributed by atoms with Gasteiger partial charge in [0.25, 0.3) is 0 Å². The molecule has 1 heterocycles. The van der Waals surface area contributed by atoms with Crippen LogP contribution in [0.3, 0.4) is 0 Å². The summed E-state index contributed by atoms with van der Waals surface area (Å²) in [5, 5.41) is 5.42. The van der Waals surface area contributed by atoms with Crippen LogP contribution in [0.4, 0.5) is 13.2 Å². The summed E-state index contributed by atoms with van der Waals surface area (Å²) < 4.78 is 45.4. The van der Waals surface area contributed by atoms with Crippen molar-refractivity contribution in [2.45, 2.75) is 32.5 Å². The van der Waals surface area contributed by atoms with Gasteiger partial charge in [0.1, 0.15) is 11.8 Å². The second-order valence-electron chi connectivity index (χ2n) is 6.51. The van der Waals surface area contributed by atoms with Crippen LogP contribution in [0.25, 0.3) is 0 Å². The van der Waals surface area contributed by atoms with Crippen molar-refractivity contribution in [1.82, 2.24) is 15.5 Å². The van der Waals surface area contributed by atoms with Gasteiger partial charge in [-0.05, 0) is 25.5 Å². The van der Waals surface area contributed by atoms with Gasteiger partial charge >= 0.3 is 6.18 Å². The number of alkyl halides is 3. The van der Waals surface area contributed by atoms with Crippen molar-refractivity contribution in [2.24, 2.45) is 0 Å². The molecule has 0 bridgehead atoms. The van der Waals surface area contributed by atoms with Crippen LogP contribution in [-0.2, 0) is 4.79 Å². The number of carbonyl (C=O) groups is 1. The van der Waals surface area contributed by atoms with Crippen LogP contribution >= 0.6 is 12.4 Å². The number of halogens is 4. The molecule has 1 fully saturated rings. The zero-order valence-corrected chi connectivity index (χ0v) is 16.4. The van der Waals surface area contributed by atoms with Gasteiger partial charge in [-0.1, -0.05) is 17.7 Å². The molecule has 1 unspecified atom stereocenters. The Labute approximate surface area is 164 Å². The van der Waals surface area contributed by atoms with E-state index in [0.29, 0.717) is 31.9 Å². The Bertz CT molecular complexity index is 608. The summed E-state index contributed by atoms with van der Waals surface area (Å²) in [7, 11) is 0. The normalized spacial score (nSPS) is 16.3. The van der Waals surface area contributed by atoms with Crippen LogP contribution in [0.15, 0.2) is 18.2 Å². The molecule has 5 nitrogen and oxygen atoms in total. The van der Waals surface area contributed by atoms with Gasteiger partial charge in [-0.25, -0.2) is 0 Å². The standard InChI is InChI=1S/C18H26F3N3O2.ClH/c1-13-3-4-15(14(2)11-13)26-10-5-17(25)23-12-16(18(19,20)21)24-8-6-22-7-9-24;/h3-4,11,16,22H,5-10,12H2,1-2H3,(H,23,25);1H. The molecule has 0 saturated carbocycles. The molecule has 1 atom stereocenters. The number of nitrogens with one attached hydrogen (secondary N) is 2. The summed E-state index contributed by atoms with van der Waals surface area (Å²) in [5.74, 6) is 0.233. The average molecular weight is 410 g/mol. The average Bonchev–Trinajstić information content (AvgIpc) is 2.57. The number of hydrogen-bond acceptors (Lipinski definition) is 4. The number of amides is 1. The zero-order valence-electron chi connectivity index (χ0n) is 15.6. The monoisotopic (exact) mass is 409 g/mol. The first-order chi connectivity index (χ1) is 12.3. The predicted octanol–water partition coefficient (Wildman–Crippen LogP) is 2.45. The topological polar surface area (TPSA) is 53.6 Å². The molecule has 9 heteroatoms. The Kier molecular flexibility index (Phi) is 9.35. The number of piperazine rings is 1. The van der Waals surface area contributed by atoms with E-state index in [-0.39, 0.29) is 25.4 Å². The molecule has 2 rings (SSSR count). The van der Waals surface area contributed by atoms with Crippen molar-refractivity contribution in [3.8, 4) is 5.75 Å². The predicted molar refractivity (Wildman–Crippen MR) is 101 cm³/mol. The molecule has 2 N–H and O–H groups in total. The van der Waals surface area contributed by atoms with Crippen LogP contribution < -0.4 is 15.4 Å². The lowest BCUT2D eigenvalue weighted by molar-refractivity contribution is -0.184. The fraction of sp³-hybridized carbons (Fsp3) is 0.611. The second kappa shape index (κ2) is 10.7. The fourth-order valence-electron chi connectivity index (χ4n) is 2.96. The van der Waals surface area contributed by atoms with Crippen LogP contribution in [0.5, 0.6) is 5.75 Å². The summed E-state index contributed by atoms with van der Waals surface area (Å²) in [6, 6.07) is 4.04. The van der Waals surface area contributed by atoms with E-state index in [2.05, 4.69) is 10.6 Å². The highest BCUT2D eigenvalue weighted by Gasteiger charge is 2.43. The maximum Gasteiger partial charge on any atom is 0.405 e. The van der Waals surface area contributed by atoms with E-state index < -0.39 is 24.7 Å². The highest BCUT2D eigenvalue weighted by atomic mass is 35.5. The lowest BCUT2D eigenvalue weighted by atomic mass is 10.1. The van der Waals surface area contributed by atoms with Gasteiger partial charge in [-0.2, -0.15) is 13.2 Å². The first-order valence-electron chi connectivity index (χ1n) is 8.75. The molecule has 1 aromatic carbocycles. The summed E-state index contributed by atoms with van der Waals surface area (Å²) >= 11 is 0. The van der Waals surface area contributed by atoms with Crippen molar-refractivity contribution >= 4 is 18.3 Å². The summed E-state index contributed by atoms with van der Waals surface area (Å²) in [6.07, 6.45) is -4.36. The Balaban J connectivity index is 0.00000364. The number of rotatable bonds is 7. The molecule has 1 aliphatic heterocycles. The van der Waals surface area contributed by atoms with Gasteiger partial charge in [0.15, 0.2) is 0 Å². The molecule has 1 saturated heterocycles. The van der Waals surface area contributed by atoms with Gasteiger partial charge < -0.3 is 15.4 Å². The number of carbonyl (C=O) groups excluding carboxylic acids is 1. The molecular weight excluding hydrogens is 383 g/mol. The highest BCUT2D eigenvalue weighted by Crippen LogP contribution is 2.25. The molecule has 1 amide bonds. The first-order valence-corrected chi connectivity index (χ1v) is 8.75. The van der Waals surface area contributed by atoms with Gasteiger partial charge in [0.05, 0.1) is 13.0 Å². The van der Waals surface area contributed by atoms with Crippen LogP contribution in [0, 0.1) is 13.8 Å². The minimum Gasteiger partial charge on any atom is -0.493 e. The number of aryl methyl sites for hydroxylation is 2. The van der Waals surface area contributed by atoms with Crippen molar-refractivity contribution < 1.29 is 22.7 Å². The van der Waals surface area contributed by atoms with E-state index in [0.717, 1.165) is 11.1 Å². The number of hydrogen-bond donors (Lipinski definition) is 2. The lowest BCUT2D eigenvalue weighted by Crippen LogP contribution is -2.57. The number of ether oxygens (including phenoxy) is 1. The van der Waals surface area contributed by atoms with Crippen molar-refractivity contribution in [3.05, 3.63) is 29.3 Å². The van der Waals surface area contributed by atoms with Crippen molar-refractivity contribution in [1.29, 1.82) is 0 Å². The van der Waals surface area contributed by atoms with Crippen LogP contribution in [0.2, 0.25) is 0 Å². The molecule has 1 aromatic rings. The maximum absolute atomic E-state index is 13.3. The van der Waals surface area contributed by atoms with Crippen molar-refractivity contribution in [2.75, 3.05) is 39.3 Å². The molecule has 0 aliphatic carbocycles. The van der Waals surface area contributed by atoms with Gasteiger partial charge in [-0.15, -0.1) is 12.4 Å². The Morgan fingerprint density at radius 1 is 1.30 bits per heavy atom. The Morgan fingerprint density at radius 2 is 1.96 bits per heavy atom. The summed E-state index contributed by atoms with van der Waals surface area (Å²) in [4.78, 5) is 13.3. The molecule has 27 heavy (non-hydrogen) atoms. The smallest absolute Gasteiger partial charge is 0.405 e. The molecule has 0 aromatic heterocycles. The first kappa shape index (κ1) is 23.5. The minimum atomic E-state index is -4.37. The largest absolute Gasteiger partial charge is 0.493 e. The number of benzene rings is 1. The number of nitrogens with zero attached hydrogens (tertiary/aromatic N) is 1. The quantitative estimate of drug-likeness (QED) is 0.726. The molecule has 0 radical (unpaired) electrons. The lowest BCUT2D eigenvalue weighted by Gasteiger charge is -2.35. The van der Waals surface area contributed by atoms with E-state index in [1.54, 1.807) is 0 Å². The van der Waals surface area contributed by atoms with Gasteiger partial charge in [0.2, 0.25) is 5.91 Å². The Morgan fingerprint density at radius 3 is 2.56 bits per heavy atom. The van der Waals surface area contributed by atoms with E-state index in [1.807, 2.05) is 32.0 Å². The highest BCUT2D eigenvalue weighted by molar-refractivity contribution is 5.85. The van der Waals surface area contributed by atoms with Crippen molar-refractivity contribution in [3.63, 3.8) is 0 Å². The van der Waals surface area contributed by atoms with E-state index in [1.165, 1.54) is 4.90 Å². The second-order valence-corrected chi connectivity index (χ2v) is 6.51. The van der Waals surface area contributed by atoms with E-state index in [9.17, 15) is 18.0 Å². The van der Waals surface area contributed by atoms with Gasteiger partial charge in [-0.3, -0.25) is 9.69 Å². The molecule has 0 spiro atoms. The van der Waals surface area contributed by atoms with E-state index >= 15 is 0 Å². The van der Waals surface area contributed by atoms with Crippen LogP contribution in [-0.4, -0.2) is 62.4 Å². The SMILES string of the molecule is Cc1ccc(OCCC(=O)NCC(N2CCNCC2)C(F)(F)F)c(C)c1.Cl. The minimum absolute atomic E-state index is 0. The van der Waals surface area contributed by atoms with E-state index in [4.69, 9.17) is 4.74 Å². The Hall–Kier alpha value is -1.51. The maximum atomic E-state index is 13.3. The fourth-order valence-corrected chi connectivity index (χ4v) is 2.96. The van der Waals surface area contributed by atoms with Crippen LogP contribution in [0.1, 0.15) is 17.5 Å². The third kappa shape index (κ3) is 7.56. The molecular formula is C18H27ClF3N3O2. The molecule has 154 valence electrons.